The molecule has 6 heterocycles. The molecule has 278 valence electrons. The zero-order valence-corrected chi connectivity index (χ0v) is 28.5. The molecule has 11 N–H and O–H groups in total. The van der Waals surface area contributed by atoms with Crippen LogP contribution in [0.3, 0.4) is 0 Å². The second kappa shape index (κ2) is 15.6. The summed E-state index contributed by atoms with van der Waals surface area (Å²) in [6.07, 6.45) is 1.09. The van der Waals surface area contributed by atoms with Crippen LogP contribution in [0, 0.1) is 11.8 Å². The first-order chi connectivity index (χ1) is 24.2. The van der Waals surface area contributed by atoms with Crippen LogP contribution < -0.4 is 28.5 Å². The molecule has 0 spiro atoms. The molecule has 51 heavy (non-hydrogen) atoms. The first-order valence-corrected chi connectivity index (χ1v) is 16.3. The Hall–Kier alpha value is -4.80. The second-order valence-corrected chi connectivity index (χ2v) is 12.9. The fourth-order valence-electron chi connectivity index (χ4n) is 5.55. The third-order valence-corrected chi connectivity index (χ3v) is 8.69. The highest BCUT2D eigenvalue weighted by Gasteiger charge is 2.41. The lowest BCUT2D eigenvalue weighted by Crippen LogP contribution is -2.41. The van der Waals surface area contributed by atoms with Crippen LogP contribution in [0.2, 0.25) is 0 Å². The molecule has 8 atom stereocenters. The molecule has 21 nitrogen and oxygen atoms in total. The number of esters is 2. The number of aromatic nitrogens is 8. The maximum absolute atomic E-state index is 12.1. The molecule has 2 aliphatic heterocycles. The first-order valence-electron chi connectivity index (χ1n) is 16.3. The molecule has 6 rings (SSSR count). The number of fused-ring (bicyclic) bond motifs is 2. The van der Waals surface area contributed by atoms with Gasteiger partial charge in [0.25, 0.3) is 5.56 Å². The number of nitrogens with two attached hydrogens (primary N) is 4. The van der Waals surface area contributed by atoms with E-state index in [1.165, 1.54) is 17.2 Å². The number of hydrogen-bond donors (Lipinski definition) is 7. The fourth-order valence-corrected chi connectivity index (χ4v) is 5.55. The van der Waals surface area contributed by atoms with Gasteiger partial charge in [0.15, 0.2) is 22.6 Å². The highest BCUT2D eigenvalue weighted by Crippen LogP contribution is 2.34. The number of hydrogen-bond acceptors (Lipinski definition) is 18. The van der Waals surface area contributed by atoms with Gasteiger partial charge in [0.2, 0.25) is 5.95 Å². The largest absolute Gasteiger partial charge is 0.458 e. The van der Waals surface area contributed by atoms with E-state index >= 15 is 0 Å². The molecule has 0 saturated carbocycles. The van der Waals surface area contributed by atoms with E-state index < -0.39 is 66.5 Å². The Kier molecular flexibility index (Phi) is 11.5. The molecule has 4 aromatic heterocycles. The molecule has 4 unspecified atom stereocenters. The lowest BCUT2D eigenvalue weighted by Gasteiger charge is -2.20. The van der Waals surface area contributed by atoms with Gasteiger partial charge >= 0.3 is 11.9 Å². The Labute approximate surface area is 290 Å². The van der Waals surface area contributed by atoms with Gasteiger partial charge in [0.1, 0.15) is 60.8 Å². The van der Waals surface area contributed by atoms with E-state index in [0.29, 0.717) is 17.6 Å². The number of ether oxygens (including phenoxy) is 4. The summed E-state index contributed by atoms with van der Waals surface area (Å²) in [4.78, 5) is 58.8. The van der Waals surface area contributed by atoms with Crippen LogP contribution in [0.5, 0.6) is 0 Å². The number of anilines is 2. The van der Waals surface area contributed by atoms with Crippen LogP contribution in [0.4, 0.5) is 11.8 Å². The van der Waals surface area contributed by atoms with Crippen LogP contribution in [0.1, 0.15) is 53.0 Å². The Balaban J connectivity index is 0.000000198. The molecular weight excluding hydrogens is 672 g/mol. The molecule has 2 saturated heterocycles. The first kappa shape index (κ1) is 37.5. The van der Waals surface area contributed by atoms with E-state index in [1.54, 1.807) is 10.9 Å². The Morgan fingerprint density at radius 2 is 1.33 bits per heavy atom. The average molecular weight is 717 g/mol. The van der Waals surface area contributed by atoms with E-state index in [0.717, 1.165) is 0 Å². The van der Waals surface area contributed by atoms with Gasteiger partial charge in [-0.3, -0.25) is 28.5 Å². The SMILES string of the molecule is CC(C)C(N)C(=O)OC1C[C@H](n2cnc3c(=O)[nH]c(N)nc32)O[C@@H]1CO.CC(C)C(N)C(=O)OC1C[C@H](n2cnc3c(N)ncnc32)O[C@@H]1CO. The van der Waals surface area contributed by atoms with Gasteiger partial charge in [-0.25, -0.2) is 19.9 Å². The third-order valence-electron chi connectivity index (χ3n) is 8.69. The lowest BCUT2D eigenvalue weighted by molar-refractivity contribution is -0.156. The molecule has 0 aliphatic carbocycles. The predicted octanol–water partition coefficient (Wildman–Crippen LogP) is -1.54. The van der Waals surface area contributed by atoms with Crippen LogP contribution >= 0.6 is 0 Å². The van der Waals surface area contributed by atoms with Crippen LogP contribution in [0.15, 0.2) is 23.8 Å². The number of carbonyl (C=O) groups excluding carboxylic acids is 2. The van der Waals surface area contributed by atoms with Gasteiger partial charge < -0.3 is 52.1 Å². The Bertz CT molecular complexity index is 1890. The minimum atomic E-state index is -0.762. The minimum absolute atomic E-state index is 0.0459. The van der Waals surface area contributed by atoms with Crippen molar-refractivity contribution in [1.82, 2.24) is 39.0 Å². The predicted molar refractivity (Wildman–Crippen MR) is 179 cm³/mol. The van der Waals surface area contributed by atoms with Gasteiger partial charge in [-0.15, -0.1) is 0 Å². The summed E-state index contributed by atoms with van der Waals surface area (Å²) in [5, 5.41) is 19.1. The summed E-state index contributed by atoms with van der Waals surface area (Å²) in [7, 11) is 0. The molecule has 2 fully saturated rings. The molecule has 2 aliphatic rings. The van der Waals surface area contributed by atoms with Crippen molar-refractivity contribution >= 4 is 46.0 Å². The zero-order valence-electron chi connectivity index (χ0n) is 28.5. The monoisotopic (exact) mass is 716 g/mol. The van der Waals surface area contributed by atoms with Gasteiger partial charge in [-0.1, -0.05) is 27.7 Å². The van der Waals surface area contributed by atoms with E-state index in [1.807, 2.05) is 27.7 Å². The van der Waals surface area contributed by atoms with Crippen molar-refractivity contribution in [2.24, 2.45) is 23.3 Å². The van der Waals surface area contributed by atoms with Crippen molar-refractivity contribution in [2.45, 2.75) is 89.5 Å². The molecule has 0 aromatic carbocycles. The standard InChI is InChI=1S/C15H22N6O5.C15H22N6O4/c1-6(2)10(16)14(24)26-7-3-9(25-8(7)4-22)21-5-18-11-12(21)19-15(17)20-13(11)23;1-7(2)11(16)15(23)25-8-3-10(24-9(8)4-22)21-6-20-12-13(17)18-5-19-14(12)21/h5-10,22H,3-4,16H2,1-2H3,(H3,17,19,20,23);5-11,22H,3-4,16H2,1-2H3,(H2,17,18,19)/t7?,8-,9-,10?;8?,9-,10-,11?/m11/s1. The number of imidazole rings is 2. The topological polar surface area (TPSA) is 323 Å². The van der Waals surface area contributed by atoms with Crippen molar-refractivity contribution in [3.63, 3.8) is 0 Å². The van der Waals surface area contributed by atoms with E-state index in [2.05, 4.69) is 29.9 Å². The van der Waals surface area contributed by atoms with E-state index in [9.17, 15) is 24.6 Å². The molecule has 0 radical (unpaired) electrons. The molecular formula is C30H44N12O9. The lowest BCUT2D eigenvalue weighted by atomic mass is 10.1. The summed E-state index contributed by atoms with van der Waals surface area (Å²) in [6, 6.07) is -1.48. The normalized spacial score (nSPS) is 24.5. The van der Waals surface area contributed by atoms with Gasteiger partial charge in [0.05, 0.1) is 25.9 Å². The number of H-pyrrole nitrogens is 1. The number of nitrogens with zero attached hydrogens (tertiary/aromatic N) is 7. The number of aliphatic hydroxyl groups excluding tert-OH is 2. The maximum atomic E-state index is 12.1. The van der Waals surface area contributed by atoms with Crippen molar-refractivity contribution in [2.75, 3.05) is 24.7 Å². The van der Waals surface area contributed by atoms with Crippen LogP contribution in [-0.2, 0) is 28.5 Å². The van der Waals surface area contributed by atoms with E-state index in [-0.39, 0.29) is 54.4 Å². The van der Waals surface area contributed by atoms with Crippen LogP contribution in [-0.4, -0.2) is 111 Å². The quantitative estimate of drug-likeness (QED) is 0.0914. The highest BCUT2D eigenvalue weighted by molar-refractivity contribution is 5.81. The number of nitrogens with one attached hydrogen (secondary N) is 1. The summed E-state index contributed by atoms with van der Waals surface area (Å²) in [6.45, 7) is 6.68. The smallest absolute Gasteiger partial charge is 0.323 e. The molecule has 0 amide bonds. The van der Waals surface area contributed by atoms with Crippen molar-refractivity contribution < 1.29 is 38.7 Å². The van der Waals surface area contributed by atoms with Gasteiger partial charge in [-0.2, -0.15) is 4.98 Å². The summed E-state index contributed by atoms with van der Waals surface area (Å²) in [5.74, 6) is -0.968. The molecule has 0 bridgehead atoms. The maximum Gasteiger partial charge on any atom is 0.323 e. The van der Waals surface area contributed by atoms with E-state index in [4.69, 9.17) is 41.9 Å². The third kappa shape index (κ3) is 7.92. The number of rotatable bonds is 10. The van der Waals surface area contributed by atoms with Gasteiger partial charge in [0, 0.05) is 12.8 Å². The summed E-state index contributed by atoms with van der Waals surface area (Å²) < 4.78 is 25.7. The van der Waals surface area contributed by atoms with Crippen LogP contribution in [0.25, 0.3) is 22.3 Å². The Morgan fingerprint density at radius 1 is 0.843 bits per heavy atom. The summed E-state index contributed by atoms with van der Waals surface area (Å²) in [5.41, 5.74) is 23.9. The molecule has 4 aromatic rings. The van der Waals surface area contributed by atoms with Crippen molar-refractivity contribution in [3.05, 3.63) is 29.3 Å². The minimum Gasteiger partial charge on any atom is -0.458 e. The van der Waals surface area contributed by atoms with Crippen molar-refractivity contribution in [1.29, 1.82) is 0 Å². The van der Waals surface area contributed by atoms with Gasteiger partial charge in [-0.05, 0) is 11.8 Å². The number of aliphatic hydroxyl groups is 2. The number of nitrogen functional groups attached to an aromatic ring is 2. The number of aromatic amines is 1. The Morgan fingerprint density at radius 3 is 1.82 bits per heavy atom. The highest BCUT2D eigenvalue weighted by atomic mass is 16.6. The van der Waals surface area contributed by atoms with Crippen molar-refractivity contribution in [3.8, 4) is 0 Å². The fraction of sp³-hybridized carbons (Fsp3) is 0.600. The average Bonchev–Trinajstić information content (AvgIpc) is 3.89. The zero-order chi connectivity index (χ0) is 37.1. The molecule has 21 heteroatoms. The number of carbonyl (C=O) groups is 2. The summed E-state index contributed by atoms with van der Waals surface area (Å²) >= 11 is 0. The second-order valence-electron chi connectivity index (χ2n) is 12.9.